The van der Waals surface area contributed by atoms with E-state index in [-0.39, 0.29) is 24.7 Å². The van der Waals surface area contributed by atoms with Gasteiger partial charge in [0, 0.05) is 37.5 Å². The maximum absolute atomic E-state index is 12.5. The first-order chi connectivity index (χ1) is 21.1. The fraction of sp³-hybridized carbons (Fsp3) is 0.333. The quantitative estimate of drug-likeness (QED) is 0.246. The van der Waals surface area contributed by atoms with E-state index < -0.39 is 6.29 Å². The first-order valence-corrected chi connectivity index (χ1v) is 15.2. The van der Waals surface area contributed by atoms with E-state index in [0.29, 0.717) is 12.1 Å². The molecule has 43 heavy (non-hydrogen) atoms. The number of hydrogen-bond acceptors (Lipinski definition) is 6. The summed E-state index contributed by atoms with van der Waals surface area (Å²) in [7, 11) is 0. The standard InChI is InChI=1S/C36H39N3O4/c40-25-26-12-14-28(15-13-26)34-21-33(24-39-17-2-1-3-18-39)42-36(43-34)31-10-5-9-30(20-31)29-8-4-7-27(19-29)22-38-35(41)32-11-6-16-37-23-32/h4-16,19-20,23,33-34,36,40H,1-3,17-18,21-22,24-25H2,(H,38,41). The number of ether oxygens (including phenoxy) is 2. The Kier molecular flexibility index (Phi) is 9.55. The van der Waals surface area contributed by atoms with E-state index >= 15 is 0 Å². The van der Waals surface area contributed by atoms with Crippen molar-refractivity contribution in [3.8, 4) is 11.1 Å². The third kappa shape index (κ3) is 7.56. The average molecular weight is 578 g/mol. The average Bonchev–Trinajstić information content (AvgIpc) is 3.08. The lowest BCUT2D eigenvalue weighted by Gasteiger charge is -2.39. The van der Waals surface area contributed by atoms with E-state index in [2.05, 4.69) is 57.7 Å². The van der Waals surface area contributed by atoms with Crippen molar-refractivity contribution in [3.63, 3.8) is 0 Å². The number of aliphatic hydroxyl groups excluding tert-OH is 1. The lowest BCUT2D eigenvalue weighted by molar-refractivity contribution is -0.253. The van der Waals surface area contributed by atoms with Gasteiger partial charge in [-0.3, -0.25) is 9.78 Å². The Bertz CT molecular complexity index is 1490. The molecular weight excluding hydrogens is 538 g/mol. The van der Waals surface area contributed by atoms with Crippen LogP contribution in [-0.2, 0) is 22.6 Å². The lowest BCUT2D eigenvalue weighted by atomic mass is 9.98. The second-order valence-corrected chi connectivity index (χ2v) is 11.5. The number of carbonyl (C=O) groups is 1. The van der Waals surface area contributed by atoms with Gasteiger partial charge < -0.3 is 24.8 Å². The van der Waals surface area contributed by atoms with Crippen molar-refractivity contribution in [3.05, 3.63) is 125 Å². The minimum atomic E-state index is -0.493. The summed E-state index contributed by atoms with van der Waals surface area (Å²) < 4.78 is 13.3. The van der Waals surface area contributed by atoms with E-state index in [1.54, 1.807) is 24.5 Å². The number of nitrogens with one attached hydrogen (secondary N) is 1. The molecule has 6 rings (SSSR count). The highest BCUT2D eigenvalue weighted by molar-refractivity contribution is 5.93. The number of likely N-dealkylation sites (tertiary alicyclic amines) is 1. The van der Waals surface area contributed by atoms with Crippen molar-refractivity contribution in [2.75, 3.05) is 19.6 Å². The molecule has 2 aliphatic rings. The second kappa shape index (κ2) is 14.1. The van der Waals surface area contributed by atoms with Crippen molar-refractivity contribution in [2.45, 2.75) is 57.3 Å². The summed E-state index contributed by atoms with van der Waals surface area (Å²) in [6.45, 7) is 3.59. The molecule has 0 saturated carbocycles. The van der Waals surface area contributed by atoms with E-state index in [1.165, 1.54) is 19.3 Å². The molecule has 0 radical (unpaired) electrons. The van der Waals surface area contributed by atoms with Gasteiger partial charge in [-0.25, -0.2) is 0 Å². The summed E-state index contributed by atoms with van der Waals surface area (Å²) in [4.78, 5) is 19.1. The third-order valence-corrected chi connectivity index (χ3v) is 8.32. The third-order valence-electron chi connectivity index (χ3n) is 8.32. The minimum absolute atomic E-state index is 0.0278. The highest BCUT2D eigenvalue weighted by atomic mass is 16.7. The number of aliphatic hydroxyl groups is 1. The summed E-state index contributed by atoms with van der Waals surface area (Å²) in [6, 6.07) is 28.2. The first kappa shape index (κ1) is 29.2. The van der Waals surface area contributed by atoms with Crippen LogP contribution in [0.4, 0.5) is 0 Å². The molecule has 2 N–H and O–H groups in total. The van der Waals surface area contributed by atoms with Crippen LogP contribution in [0.25, 0.3) is 11.1 Å². The van der Waals surface area contributed by atoms with Gasteiger partial charge in [0.1, 0.15) is 0 Å². The smallest absolute Gasteiger partial charge is 0.253 e. The molecule has 3 heterocycles. The molecule has 1 aromatic heterocycles. The molecule has 7 heteroatoms. The predicted molar refractivity (Wildman–Crippen MR) is 166 cm³/mol. The number of hydrogen-bond donors (Lipinski definition) is 2. The number of benzene rings is 3. The van der Waals surface area contributed by atoms with Crippen LogP contribution in [0.15, 0.2) is 97.3 Å². The van der Waals surface area contributed by atoms with Crippen LogP contribution in [0.5, 0.6) is 0 Å². The van der Waals surface area contributed by atoms with Gasteiger partial charge in [-0.1, -0.05) is 67.1 Å². The maximum atomic E-state index is 12.5. The molecule has 3 atom stereocenters. The molecule has 0 aliphatic carbocycles. The van der Waals surface area contributed by atoms with Crippen LogP contribution in [-0.4, -0.2) is 46.6 Å². The molecule has 222 valence electrons. The van der Waals surface area contributed by atoms with Gasteiger partial charge in [0.05, 0.1) is 24.4 Å². The fourth-order valence-corrected chi connectivity index (χ4v) is 5.97. The van der Waals surface area contributed by atoms with Gasteiger partial charge in [-0.15, -0.1) is 0 Å². The minimum Gasteiger partial charge on any atom is -0.392 e. The zero-order valence-corrected chi connectivity index (χ0v) is 24.4. The fourth-order valence-electron chi connectivity index (χ4n) is 5.97. The van der Waals surface area contributed by atoms with Gasteiger partial charge >= 0.3 is 0 Å². The highest BCUT2D eigenvalue weighted by Gasteiger charge is 2.33. The molecule has 2 fully saturated rings. The van der Waals surface area contributed by atoms with Gasteiger partial charge in [-0.2, -0.15) is 0 Å². The Labute approximate surface area is 253 Å². The van der Waals surface area contributed by atoms with Crippen LogP contribution < -0.4 is 5.32 Å². The SMILES string of the molecule is O=C(NCc1cccc(-c2cccc(C3OC(CN4CCCCC4)CC(c4ccc(CO)cc4)O3)c2)c1)c1cccnc1. The second-order valence-electron chi connectivity index (χ2n) is 11.5. The van der Waals surface area contributed by atoms with Crippen molar-refractivity contribution in [1.82, 2.24) is 15.2 Å². The first-order valence-electron chi connectivity index (χ1n) is 15.2. The van der Waals surface area contributed by atoms with Crippen LogP contribution in [0.1, 0.15) is 70.7 Å². The molecule has 7 nitrogen and oxygen atoms in total. The van der Waals surface area contributed by atoms with Gasteiger partial charge in [0.15, 0.2) is 6.29 Å². The predicted octanol–water partition coefficient (Wildman–Crippen LogP) is 6.20. The van der Waals surface area contributed by atoms with Crippen LogP contribution in [0.3, 0.4) is 0 Å². The summed E-state index contributed by atoms with van der Waals surface area (Å²) >= 11 is 0. The molecule has 3 unspecified atom stereocenters. The summed E-state index contributed by atoms with van der Waals surface area (Å²) in [6.07, 6.45) is 7.26. The molecule has 3 aromatic carbocycles. The number of aromatic nitrogens is 1. The summed E-state index contributed by atoms with van der Waals surface area (Å²) in [5.74, 6) is -0.147. The Hall–Kier alpha value is -3.88. The van der Waals surface area contributed by atoms with Crippen LogP contribution >= 0.6 is 0 Å². The number of carbonyl (C=O) groups excluding carboxylic acids is 1. The Morgan fingerprint density at radius 3 is 2.42 bits per heavy atom. The van der Waals surface area contributed by atoms with E-state index in [0.717, 1.165) is 59.4 Å². The topological polar surface area (TPSA) is 83.9 Å². The molecule has 2 saturated heterocycles. The largest absolute Gasteiger partial charge is 0.392 e. The van der Waals surface area contributed by atoms with Crippen molar-refractivity contribution in [2.24, 2.45) is 0 Å². The number of nitrogens with zero attached hydrogens (tertiary/aromatic N) is 2. The number of pyridine rings is 1. The zero-order valence-electron chi connectivity index (χ0n) is 24.4. The molecule has 0 bridgehead atoms. The van der Waals surface area contributed by atoms with Gasteiger partial charge in [0.25, 0.3) is 5.91 Å². The molecule has 4 aromatic rings. The van der Waals surface area contributed by atoms with Crippen LogP contribution in [0.2, 0.25) is 0 Å². The van der Waals surface area contributed by atoms with Crippen molar-refractivity contribution >= 4 is 5.91 Å². The number of amides is 1. The Morgan fingerprint density at radius 2 is 1.65 bits per heavy atom. The highest BCUT2D eigenvalue weighted by Crippen LogP contribution is 2.39. The van der Waals surface area contributed by atoms with Crippen LogP contribution in [0, 0.1) is 0 Å². The summed E-state index contributed by atoms with van der Waals surface area (Å²) in [5, 5.41) is 12.5. The van der Waals surface area contributed by atoms with E-state index in [4.69, 9.17) is 9.47 Å². The lowest BCUT2D eigenvalue weighted by Crippen LogP contribution is -2.41. The molecular formula is C36H39N3O4. The molecule has 2 aliphatic heterocycles. The van der Waals surface area contributed by atoms with Crippen molar-refractivity contribution < 1.29 is 19.4 Å². The van der Waals surface area contributed by atoms with Gasteiger partial charge in [0.2, 0.25) is 0 Å². The maximum Gasteiger partial charge on any atom is 0.253 e. The van der Waals surface area contributed by atoms with Crippen molar-refractivity contribution in [1.29, 1.82) is 0 Å². The zero-order chi connectivity index (χ0) is 29.4. The van der Waals surface area contributed by atoms with Gasteiger partial charge in [-0.05, 0) is 78.0 Å². The Balaban J connectivity index is 1.19. The van der Waals surface area contributed by atoms with E-state index in [9.17, 15) is 9.90 Å². The summed E-state index contributed by atoms with van der Waals surface area (Å²) in [5.41, 5.74) is 6.65. The number of rotatable bonds is 9. The normalized spacial score (nSPS) is 20.9. The molecule has 0 spiro atoms. The van der Waals surface area contributed by atoms with E-state index in [1.807, 2.05) is 30.3 Å². The molecule has 1 amide bonds. The Morgan fingerprint density at radius 1 is 0.860 bits per heavy atom. The monoisotopic (exact) mass is 577 g/mol. The number of piperidine rings is 1.